The molecule has 0 spiro atoms. The predicted octanol–water partition coefficient (Wildman–Crippen LogP) is 7.90. The quantitative estimate of drug-likeness (QED) is 0.363. The summed E-state index contributed by atoms with van der Waals surface area (Å²) in [4.78, 5) is 0. The fourth-order valence-corrected chi connectivity index (χ4v) is 2.79. The molecule has 2 nitrogen and oxygen atoms in total. The first-order chi connectivity index (χ1) is 15.3. The van der Waals surface area contributed by atoms with Crippen molar-refractivity contribution in [3.8, 4) is 11.5 Å². The molecular weight excluding hydrogens is 465 g/mol. The average Bonchev–Trinajstić information content (AvgIpc) is 2.72. The van der Waals surface area contributed by atoms with Crippen molar-refractivity contribution < 1.29 is 44.3 Å². The van der Waals surface area contributed by atoms with Gasteiger partial charge in [-0.3, -0.25) is 0 Å². The molecule has 0 aliphatic heterocycles. The number of alkyl halides is 8. The third-order valence-corrected chi connectivity index (χ3v) is 4.49. The molecule has 0 aromatic heterocycles. The summed E-state index contributed by atoms with van der Waals surface area (Å²) >= 11 is 0. The van der Waals surface area contributed by atoms with Crippen LogP contribution < -0.4 is 10.1 Å². The van der Waals surface area contributed by atoms with E-state index in [1.54, 1.807) is 0 Å². The molecular formula is C22H14F9NO. The molecule has 0 aliphatic rings. The number of rotatable bonds is 6. The minimum atomic E-state index is -5.77. The summed E-state index contributed by atoms with van der Waals surface area (Å²) in [6, 6.07) is 11.2. The molecule has 0 aliphatic carbocycles. The van der Waals surface area contributed by atoms with Crippen LogP contribution in [0.5, 0.6) is 11.5 Å². The molecule has 11 heteroatoms. The first-order valence-corrected chi connectivity index (χ1v) is 9.20. The molecule has 0 radical (unpaired) electrons. The van der Waals surface area contributed by atoms with E-state index in [1.807, 2.05) is 0 Å². The number of benzene rings is 3. The first kappa shape index (κ1) is 24.3. The number of anilines is 1. The molecule has 0 atom stereocenters. The Hall–Kier alpha value is -3.37. The highest BCUT2D eigenvalue weighted by Gasteiger charge is 2.58. The Balaban J connectivity index is 1.72. The van der Waals surface area contributed by atoms with Crippen molar-refractivity contribution in [2.24, 2.45) is 0 Å². The third kappa shape index (κ3) is 5.71. The Morgan fingerprint density at radius 3 is 1.94 bits per heavy atom. The van der Waals surface area contributed by atoms with Crippen molar-refractivity contribution in [1.29, 1.82) is 0 Å². The standard InChI is InChI=1S/C22H14F9NO/c23-19-10-15(21(26,27)28)8-7-13(19)12-32-16-4-2-6-18(11-16)33-17-5-1-3-14(9-17)20(24,25)22(29,30)31/h1-11,32H,12H2. The van der Waals surface area contributed by atoms with Gasteiger partial charge < -0.3 is 10.1 Å². The van der Waals surface area contributed by atoms with Crippen molar-refractivity contribution >= 4 is 5.69 Å². The van der Waals surface area contributed by atoms with Gasteiger partial charge in [-0.25, -0.2) is 4.39 Å². The van der Waals surface area contributed by atoms with E-state index >= 15 is 0 Å². The molecule has 3 rings (SSSR count). The summed E-state index contributed by atoms with van der Waals surface area (Å²) in [5, 5.41) is 2.77. The second kappa shape index (κ2) is 8.87. The monoisotopic (exact) mass is 479 g/mol. The molecule has 33 heavy (non-hydrogen) atoms. The van der Waals surface area contributed by atoms with Crippen LogP contribution in [0.1, 0.15) is 16.7 Å². The zero-order chi connectivity index (χ0) is 24.4. The van der Waals surface area contributed by atoms with Crippen molar-refractivity contribution in [3.63, 3.8) is 0 Å². The van der Waals surface area contributed by atoms with Crippen LogP contribution in [0.25, 0.3) is 0 Å². The highest BCUT2D eigenvalue weighted by atomic mass is 19.4. The van der Waals surface area contributed by atoms with E-state index in [4.69, 9.17) is 4.74 Å². The Morgan fingerprint density at radius 2 is 1.33 bits per heavy atom. The lowest BCUT2D eigenvalue weighted by molar-refractivity contribution is -0.289. The fourth-order valence-electron chi connectivity index (χ4n) is 2.79. The van der Waals surface area contributed by atoms with Crippen LogP contribution in [-0.4, -0.2) is 6.18 Å². The van der Waals surface area contributed by atoms with Gasteiger partial charge in [0.2, 0.25) is 0 Å². The summed E-state index contributed by atoms with van der Waals surface area (Å²) < 4.78 is 122. The third-order valence-electron chi connectivity index (χ3n) is 4.49. The molecule has 0 amide bonds. The number of hydrogen-bond acceptors (Lipinski definition) is 2. The maximum Gasteiger partial charge on any atom is 0.458 e. The van der Waals surface area contributed by atoms with Gasteiger partial charge in [0.25, 0.3) is 0 Å². The topological polar surface area (TPSA) is 21.3 Å². The highest BCUT2D eigenvalue weighted by Crippen LogP contribution is 2.44. The first-order valence-electron chi connectivity index (χ1n) is 9.20. The lowest BCUT2D eigenvalue weighted by atomic mass is 10.1. The largest absolute Gasteiger partial charge is 0.458 e. The maximum atomic E-state index is 14.0. The molecule has 0 saturated carbocycles. The Labute approximate surface area is 181 Å². The second-order valence-corrected chi connectivity index (χ2v) is 6.89. The Kier molecular flexibility index (Phi) is 6.53. The van der Waals surface area contributed by atoms with Crippen LogP contribution in [0.3, 0.4) is 0 Å². The summed E-state index contributed by atoms with van der Waals surface area (Å²) in [6.45, 7) is -0.180. The van der Waals surface area contributed by atoms with Crippen LogP contribution >= 0.6 is 0 Å². The minimum Gasteiger partial charge on any atom is -0.457 e. The summed E-state index contributed by atoms with van der Waals surface area (Å²) in [7, 11) is 0. The minimum absolute atomic E-state index is 0.0450. The smallest absolute Gasteiger partial charge is 0.457 e. The van der Waals surface area contributed by atoms with Gasteiger partial charge in [0, 0.05) is 29.4 Å². The summed E-state index contributed by atoms with van der Waals surface area (Å²) in [5.41, 5.74) is -2.13. The van der Waals surface area contributed by atoms with Gasteiger partial charge in [-0.1, -0.05) is 24.3 Å². The van der Waals surface area contributed by atoms with E-state index < -0.39 is 35.2 Å². The number of nitrogens with one attached hydrogen (secondary N) is 1. The van der Waals surface area contributed by atoms with E-state index in [1.165, 1.54) is 30.3 Å². The van der Waals surface area contributed by atoms with Crippen LogP contribution in [0, 0.1) is 5.82 Å². The molecule has 1 N–H and O–H groups in total. The normalized spacial score (nSPS) is 12.5. The van der Waals surface area contributed by atoms with Crippen LogP contribution in [0.4, 0.5) is 45.2 Å². The van der Waals surface area contributed by atoms with Crippen LogP contribution in [-0.2, 0) is 18.6 Å². The molecule has 0 unspecified atom stereocenters. The lowest BCUT2D eigenvalue weighted by Gasteiger charge is -2.20. The molecule has 3 aromatic carbocycles. The van der Waals surface area contributed by atoms with Crippen molar-refractivity contribution in [2.45, 2.75) is 24.8 Å². The maximum absolute atomic E-state index is 14.0. The Bertz CT molecular complexity index is 1120. The number of ether oxygens (including phenoxy) is 1. The average molecular weight is 479 g/mol. The van der Waals surface area contributed by atoms with Crippen molar-refractivity contribution in [1.82, 2.24) is 0 Å². The summed E-state index contributed by atoms with van der Waals surface area (Å²) in [5.74, 6) is -6.34. The van der Waals surface area contributed by atoms with Gasteiger partial charge in [-0.2, -0.15) is 35.1 Å². The summed E-state index contributed by atoms with van der Waals surface area (Å²) in [6.07, 6.45) is -10.5. The number of halogens is 9. The van der Waals surface area contributed by atoms with E-state index in [0.29, 0.717) is 23.9 Å². The zero-order valence-electron chi connectivity index (χ0n) is 16.4. The van der Waals surface area contributed by atoms with Crippen molar-refractivity contribution in [2.75, 3.05) is 5.32 Å². The number of hydrogen-bond donors (Lipinski definition) is 1. The fraction of sp³-hybridized carbons (Fsp3) is 0.182. The molecule has 3 aromatic rings. The van der Waals surface area contributed by atoms with E-state index in [2.05, 4.69) is 5.32 Å². The zero-order valence-corrected chi connectivity index (χ0v) is 16.4. The second-order valence-electron chi connectivity index (χ2n) is 6.89. The van der Waals surface area contributed by atoms with Gasteiger partial charge in [0.1, 0.15) is 17.3 Å². The van der Waals surface area contributed by atoms with Crippen LogP contribution in [0.15, 0.2) is 66.7 Å². The highest BCUT2D eigenvalue weighted by molar-refractivity contribution is 5.50. The van der Waals surface area contributed by atoms with Gasteiger partial charge in [-0.05, 0) is 36.4 Å². The lowest BCUT2D eigenvalue weighted by Crippen LogP contribution is -2.33. The predicted molar refractivity (Wildman–Crippen MR) is 102 cm³/mol. The van der Waals surface area contributed by atoms with E-state index in [-0.39, 0.29) is 23.6 Å². The van der Waals surface area contributed by atoms with Gasteiger partial charge in [0.15, 0.2) is 0 Å². The molecule has 0 heterocycles. The molecule has 0 saturated heterocycles. The van der Waals surface area contributed by atoms with Gasteiger partial charge >= 0.3 is 18.3 Å². The van der Waals surface area contributed by atoms with Crippen molar-refractivity contribution in [3.05, 3.63) is 89.2 Å². The van der Waals surface area contributed by atoms with E-state index in [0.717, 1.165) is 18.2 Å². The van der Waals surface area contributed by atoms with Gasteiger partial charge in [0.05, 0.1) is 5.56 Å². The Morgan fingerprint density at radius 1 is 0.697 bits per heavy atom. The van der Waals surface area contributed by atoms with Gasteiger partial charge in [-0.15, -0.1) is 0 Å². The molecule has 176 valence electrons. The SMILES string of the molecule is Fc1cc(C(F)(F)F)ccc1CNc1cccc(Oc2cccc(C(F)(F)C(F)(F)F)c2)c1. The van der Waals surface area contributed by atoms with E-state index in [9.17, 15) is 39.5 Å². The molecule has 0 bridgehead atoms. The van der Waals surface area contributed by atoms with Crippen LogP contribution in [0.2, 0.25) is 0 Å². The molecule has 0 fully saturated rings.